The van der Waals surface area contributed by atoms with Crippen LogP contribution in [-0.2, 0) is 0 Å². The van der Waals surface area contributed by atoms with E-state index in [9.17, 15) is 13.2 Å². The molecule has 0 heterocycles. The quantitative estimate of drug-likeness (QED) is 0.696. The number of benzene rings is 1. The van der Waals surface area contributed by atoms with Gasteiger partial charge in [-0.1, -0.05) is 29.8 Å². The lowest BCUT2D eigenvalue weighted by molar-refractivity contribution is -0.155. The number of hydrogen-bond acceptors (Lipinski definition) is 0. The third-order valence-electron chi connectivity index (χ3n) is 2.88. The lowest BCUT2D eigenvalue weighted by Gasteiger charge is -2.20. The predicted octanol–water partition coefficient (Wildman–Crippen LogP) is 4.05. The summed E-state index contributed by atoms with van der Waals surface area (Å²) in [6, 6.07) is 6.70. The van der Waals surface area contributed by atoms with Crippen molar-refractivity contribution in [1.82, 2.24) is 0 Å². The lowest BCUT2D eigenvalue weighted by atomic mass is 9.93. The predicted molar refractivity (Wildman–Crippen MR) is 52.7 cm³/mol. The van der Waals surface area contributed by atoms with Gasteiger partial charge in [-0.25, -0.2) is 0 Å². The van der Waals surface area contributed by atoms with Crippen molar-refractivity contribution in [3.63, 3.8) is 0 Å². The molecule has 82 valence electrons. The van der Waals surface area contributed by atoms with E-state index in [4.69, 9.17) is 0 Å². The molecule has 0 bridgehead atoms. The van der Waals surface area contributed by atoms with Gasteiger partial charge in [0.25, 0.3) is 0 Å². The van der Waals surface area contributed by atoms with E-state index < -0.39 is 12.1 Å². The average Bonchev–Trinajstić information content (AvgIpc) is 2.90. The molecule has 3 heteroatoms. The van der Waals surface area contributed by atoms with E-state index in [2.05, 4.69) is 0 Å². The molecule has 0 aromatic heterocycles. The minimum atomic E-state index is -4.10. The highest BCUT2D eigenvalue weighted by atomic mass is 19.4. The van der Waals surface area contributed by atoms with Crippen molar-refractivity contribution < 1.29 is 13.2 Å². The first kappa shape index (κ1) is 10.5. The number of halogens is 3. The van der Waals surface area contributed by atoms with Crippen molar-refractivity contribution in [3.8, 4) is 0 Å². The highest BCUT2D eigenvalue weighted by Gasteiger charge is 2.49. The van der Waals surface area contributed by atoms with Gasteiger partial charge in [0, 0.05) is 0 Å². The highest BCUT2D eigenvalue weighted by Crippen LogP contribution is 2.50. The zero-order valence-corrected chi connectivity index (χ0v) is 8.51. The minimum Gasteiger partial charge on any atom is -0.170 e. The van der Waals surface area contributed by atoms with Gasteiger partial charge in [-0.05, 0) is 31.2 Å². The molecule has 1 aliphatic carbocycles. The van der Waals surface area contributed by atoms with E-state index in [1.54, 1.807) is 24.3 Å². The number of hydrogen-bond donors (Lipinski definition) is 0. The van der Waals surface area contributed by atoms with Crippen molar-refractivity contribution in [2.45, 2.75) is 31.9 Å². The maximum atomic E-state index is 12.8. The maximum Gasteiger partial charge on any atom is 0.396 e. The van der Waals surface area contributed by atoms with Crippen LogP contribution < -0.4 is 0 Å². The summed E-state index contributed by atoms with van der Waals surface area (Å²) in [5.74, 6) is -1.44. The van der Waals surface area contributed by atoms with E-state index in [0.717, 1.165) is 5.56 Å². The van der Waals surface area contributed by atoms with Gasteiger partial charge in [-0.15, -0.1) is 0 Å². The molecule has 1 fully saturated rings. The second-order valence-corrected chi connectivity index (χ2v) is 4.27. The van der Waals surface area contributed by atoms with Crippen molar-refractivity contribution in [1.29, 1.82) is 0 Å². The van der Waals surface area contributed by atoms with E-state index >= 15 is 0 Å². The standard InChI is InChI=1S/C12H13F3/c1-8-2-4-9(5-3-8)11(10-6-7-10)12(13,14)15/h2-5,10-11H,6-7H2,1H3. The Bertz CT molecular complexity index is 333. The van der Waals surface area contributed by atoms with Crippen LogP contribution in [0.2, 0.25) is 0 Å². The fourth-order valence-electron chi connectivity index (χ4n) is 1.93. The summed E-state index contributed by atoms with van der Waals surface area (Å²) in [6.07, 6.45) is -2.69. The van der Waals surface area contributed by atoms with Crippen molar-refractivity contribution in [2.24, 2.45) is 5.92 Å². The first-order chi connectivity index (χ1) is 6.98. The molecular formula is C12H13F3. The van der Waals surface area contributed by atoms with Crippen LogP contribution in [-0.4, -0.2) is 6.18 Å². The summed E-state index contributed by atoms with van der Waals surface area (Å²) in [7, 11) is 0. The van der Waals surface area contributed by atoms with Gasteiger partial charge >= 0.3 is 6.18 Å². The smallest absolute Gasteiger partial charge is 0.170 e. The van der Waals surface area contributed by atoms with E-state index in [1.165, 1.54) is 0 Å². The third-order valence-corrected chi connectivity index (χ3v) is 2.88. The zero-order valence-electron chi connectivity index (χ0n) is 8.51. The van der Waals surface area contributed by atoms with Crippen LogP contribution in [0.25, 0.3) is 0 Å². The molecule has 1 aromatic rings. The fraction of sp³-hybridized carbons (Fsp3) is 0.500. The normalized spacial score (nSPS) is 18.9. The van der Waals surface area contributed by atoms with Gasteiger partial charge in [0.15, 0.2) is 0 Å². The molecule has 0 radical (unpaired) electrons. The monoisotopic (exact) mass is 214 g/mol. The second kappa shape index (κ2) is 3.54. The summed E-state index contributed by atoms with van der Waals surface area (Å²) >= 11 is 0. The fourth-order valence-corrected chi connectivity index (χ4v) is 1.93. The molecule has 0 amide bonds. The molecule has 0 aliphatic heterocycles. The second-order valence-electron chi connectivity index (χ2n) is 4.27. The Morgan fingerprint density at radius 1 is 1.13 bits per heavy atom. The van der Waals surface area contributed by atoms with Crippen molar-refractivity contribution in [2.75, 3.05) is 0 Å². The largest absolute Gasteiger partial charge is 0.396 e. The Morgan fingerprint density at radius 2 is 1.67 bits per heavy atom. The molecule has 1 saturated carbocycles. The topological polar surface area (TPSA) is 0 Å². The minimum absolute atomic E-state index is 0.187. The Hall–Kier alpha value is -0.990. The first-order valence-electron chi connectivity index (χ1n) is 5.12. The molecule has 2 rings (SSSR count). The van der Waals surface area contributed by atoms with Crippen LogP contribution in [0.3, 0.4) is 0 Å². The van der Waals surface area contributed by atoms with Gasteiger partial charge in [-0.3, -0.25) is 0 Å². The average molecular weight is 214 g/mol. The van der Waals surface area contributed by atoms with E-state index in [-0.39, 0.29) is 5.92 Å². The Kier molecular flexibility index (Phi) is 2.49. The molecule has 0 saturated heterocycles. The molecule has 1 aromatic carbocycles. The van der Waals surface area contributed by atoms with Gasteiger partial charge in [0.2, 0.25) is 0 Å². The maximum absolute atomic E-state index is 12.8. The van der Waals surface area contributed by atoms with Crippen LogP contribution in [0, 0.1) is 12.8 Å². The van der Waals surface area contributed by atoms with Crippen LogP contribution in [0.5, 0.6) is 0 Å². The molecule has 0 nitrogen and oxygen atoms in total. The molecule has 1 atom stereocenters. The molecule has 1 aliphatic rings. The number of rotatable bonds is 2. The molecule has 15 heavy (non-hydrogen) atoms. The van der Waals surface area contributed by atoms with Crippen LogP contribution in [0.1, 0.15) is 29.9 Å². The number of aryl methyl sites for hydroxylation is 1. The zero-order chi connectivity index (χ0) is 11.1. The van der Waals surface area contributed by atoms with Crippen LogP contribution in [0.15, 0.2) is 24.3 Å². The molecular weight excluding hydrogens is 201 g/mol. The van der Waals surface area contributed by atoms with Crippen LogP contribution >= 0.6 is 0 Å². The highest BCUT2D eigenvalue weighted by molar-refractivity contribution is 5.27. The Labute approximate surface area is 87.1 Å². The third kappa shape index (κ3) is 2.33. The van der Waals surface area contributed by atoms with Gasteiger partial charge in [0.05, 0.1) is 5.92 Å². The summed E-state index contributed by atoms with van der Waals surface area (Å²) in [6.45, 7) is 1.88. The summed E-state index contributed by atoms with van der Waals surface area (Å²) < 4.78 is 38.4. The SMILES string of the molecule is Cc1ccc(C(C2CC2)C(F)(F)F)cc1. The Morgan fingerprint density at radius 3 is 2.07 bits per heavy atom. The summed E-state index contributed by atoms with van der Waals surface area (Å²) in [5.41, 5.74) is 1.41. The molecule has 1 unspecified atom stereocenters. The van der Waals surface area contributed by atoms with E-state index in [0.29, 0.717) is 18.4 Å². The van der Waals surface area contributed by atoms with E-state index in [1.807, 2.05) is 6.92 Å². The molecule has 0 N–H and O–H groups in total. The summed E-state index contributed by atoms with van der Waals surface area (Å²) in [4.78, 5) is 0. The van der Waals surface area contributed by atoms with Crippen LogP contribution in [0.4, 0.5) is 13.2 Å². The molecule has 0 spiro atoms. The number of alkyl halides is 3. The lowest BCUT2D eigenvalue weighted by Crippen LogP contribution is -2.22. The summed E-state index contributed by atoms with van der Waals surface area (Å²) in [5, 5.41) is 0. The van der Waals surface area contributed by atoms with Crippen molar-refractivity contribution >= 4 is 0 Å². The van der Waals surface area contributed by atoms with Gasteiger partial charge in [-0.2, -0.15) is 13.2 Å². The van der Waals surface area contributed by atoms with Gasteiger partial charge in [0.1, 0.15) is 0 Å². The Balaban J connectivity index is 2.28. The van der Waals surface area contributed by atoms with Crippen molar-refractivity contribution in [3.05, 3.63) is 35.4 Å². The van der Waals surface area contributed by atoms with Gasteiger partial charge < -0.3 is 0 Å². The first-order valence-corrected chi connectivity index (χ1v) is 5.12.